The molecular formula is C12H14N2O3. The molecule has 5 nitrogen and oxygen atoms in total. The first-order chi connectivity index (χ1) is 8.00. The molecule has 0 aromatic heterocycles. The number of benzene rings is 1. The largest absolute Gasteiger partial charge is 0.465 e. The van der Waals surface area contributed by atoms with E-state index in [1.54, 1.807) is 24.1 Å². The molecule has 0 fully saturated rings. The Bertz CT molecular complexity index is 485. The molecule has 1 N–H and O–H groups in total. The molecule has 0 unspecified atom stereocenters. The van der Waals surface area contributed by atoms with Crippen LogP contribution in [0.15, 0.2) is 18.2 Å². The van der Waals surface area contributed by atoms with Crippen molar-refractivity contribution >= 4 is 23.4 Å². The van der Waals surface area contributed by atoms with E-state index in [1.807, 2.05) is 6.07 Å². The maximum absolute atomic E-state index is 11.5. The van der Waals surface area contributed by atoms with Crippen molar-refractivity contribution in [1.29, 1.82) is 0 Å². The van der Waals surface area contributed by atoms with Crippen molar-refractivity contribution in [3.8, 4) is 0 Å². The second-order valence-electron chi connectivity index (χ2n) is 4.11. The van der Waals surface area contributed by atoms with Gasteiger partial charge in [-0.1, -0.05) is 0 Å². The molecule has 90 valence electrons. The Kier molecular flexibility index (Phi) is 2.75. The molecule has 0 saturated carbocycles. The van der Waals surface area contributed by atoms with Crippen molar-refractivity contribution in [1.82, 2.24) is 0 Å². The molecule has 0 aliphatic carbocycles. The molecule has 2 amide bonds. The van der Waals surface area contributed by atoms with Crippen LogP contribution in [-0.2, 0) is 11.2 Å². The summed E-state index contributed by atoms with van der Waals surface area (Å²) < 4.78 is 0. The number of carboxylic acid groups (broad SMARTS) is 1. The van der Waals surface area contributed by atoms with Gasteiger partial charge in [0.1, 0.15) is 0 Å². The Morgan fingerprint density at radius 1 is 1.41 bits per heavy atom. The number of fused-ring (bicyclic) bond motifs is 1. The molecule has 5 heteroatoms. The lowest BCUT2D eigenvalue weighted by molar-refractivity contribution is -0.118. The Morgan fingerprint density at radius 3 is 2.76 bits per heavy atom. The molecule has 1 aliphatic heterocycles. The van der Waals surface area contributed by atoms with Gasteiger partial charge in [0.05, 0.1) is 0 Å². The number of aryl methyl sites for hydroxylation is 1. The van der Waals surface area contributed by atoms with Gasteiger partial charge in [0, 0.05) is 31.9 Å². The maximum Gasteiger partial charge on any atom is 0.411 e. The first-order valence-electron chi connectivity index (χ1n) is 5.37. The van der Waals surface area contributed by atoms with Crippen LogP contribution >= 0.6 is 0 Å². The number of hydrogen-bond donors (Lipinski definition) is 1. The smallest absolute Gasteiger partial charge is 0.411 e. The molecule has 17 heavy (non-hydrogen) atoms. The zero-order valence-corrected chi connectivity index (χ0v) is 9.80. The van der Waals surface area contributed by atoms with Gasteiger partial charge in [0.2, 0.25) is 5.91 Å². The fraction of sp³-hybridized carbons (Fsp3) is 0.333. The molecule has 1 aliphatic rings. The lowest BCUT2D eigenvalue weighted by Crippen LogP contribution is -2.31. The van der Waals surface area contributed by atoms with Crippen molar-refractivity contribution in [3.05, 3.63) is 23.8 Å². The van der Waals surface area contributed by atoms with Gasteiger partial charge in [0.25, 0.3) is 0 Å². The van der Waals surface area contributed by atoms with Gasteiger partial charge in [-0.15, -0.1) is 0 Å². The Balaban J connectivity index is 2.39. The minimum absolute atomic E-state index is 0.0943. The summed E-state index contributed by atoms with van der Waals surface area (Å²) in [5, 5.41) is 8.89. The summed E-state index contributed by atoms with van der Waals surface area (Å²) in [7, 11) is 3.24. The van der Waals surface area contributed by atoms with E-state index in [2.05, 4.69) is 0 Å². The molecule has 1 aromatic rings. The van der Waals surface area contributed by atoms with E-state index in [9.17, 15) is 9.59 Å². The molecule has 1 heterocycles. The number of nitrogens with zero attached hydrogens (tertiary/aromatic N) is 2. The van der Waals surface area contributed by atoms with Crippen LogP contribution in [0.5, 0.6) is 0 Å². The summed E-state index contributed by atoms with van der Waals surface area (Å²) in [5.41, 5.74) is 2.50. The van der Waals surface area contributed by atoms with Crippen LogP contribution in [0.4, 0.5) is 16.2 Å². The van der Waals surface area contributed by atoms with E-state index in [-0.39, 0.29) is 5.91 Å². The van der Waals surface area contributed by atoms with Gasteiger partial charge in [0.15, 0.2) is 0 Å². The quantitative estimate of drug-likeness (QED) is 0.804. The number of carbonyl (C=O) groups is 2. The monoisotopic (exact) mass is 234 g/mol. The van der Waals surface area contributed by atoms with Gasteiger partial charge < -0.3 is 10.0 Å². The lowest BCUT2D eigenvalue weighted by Gasteiger charge is -2.27. The van der Waals surface area contributed by atoms with E-state index in [1.165, 1.54) is 7.05 Å². The highest BCUT2D eigenvalue weighted by molar-refractivity contribution is 5.96. The number of hydrogen-bond acceptors (Lipinski definition) is 2. The van der Waals surface area contributed by atoms with E-state index in [4.69, 9.17) is 5.11 Å². The van der Waals surface area contributed by atoms with Crippen molar-refractivity contribution in [3.63, 3.8) is 0 Å². The van der Waals surface area contributed by atoms with Crippen molar-refractivity contribution in [2.45, 2.75) is 12.8 Å². The molecule has 0 saturated heterocycles. The molecule has 1 aromatic carbocycles. The minimum Gasteiger partial charge on any atom is -0.465 e. The van der Waals surface area contributed by atoms with Gasteiger partial charge in [-0.05, 0) is 30.2 Å². The van der Waals surface area contributed by atoms with Crippen LogP contribution in [0, 0.1) is 0 Å². The Labute approximate surface area is 99.3 Å². The first kappa shape index (κ1) is 11.4. The SMILES string of the molecule is CN(C(=O)O)c1ccc2c(c1)CCC(=O)N2C. The zero-order chi connectivity index (χ0) is 12.6. The van der Waals surface area contributed by atoms with E-state index in [0.717, 1.165) is 16.2 Å². The van der Waals surface area contributed by atoms with Gasteiger partial charge >= 0.3 is 6.09 Å². The average Bonchev–Trinajstić information content (AvgIpc) is 2.32. The van der Waals surface area contributed by atoms with E-state index < -0.39 is 6.09 Å². The fourth-order valence-electron chi connectivity index (χ4n) is 1.96. The second-order valence-corrected chi connectivity index (χ2v) is 4.11. The van der Waals surface area contributed by atoms with Crippen molar-refractivity contribution < 1.29 is 14.7 Å². The van der Waals surface area contributed by atoms with Gasteiger partial charge in [-0.3, -0.25) is 9.69 Å². The average molecular weight is 234 g/mol. The summed E-state index contributed by atoms with van der Waals surface area (Å²) in [4.78, 5) is 25.1. The summed E-state index contributed by atoms with van der Waals surface area (Å²) in [6.45, 7) is 0. The topological polar surface area (TPSA) is 60.9 Å². The first-order valence-corrected chi connectivity index (χ1v) is 5.37. The number of carbonyl (C=O) groups excluding carboxylic acids is 1. The lowest BCUT2D eigenvalue weighted by atomic mass is 10.0. The highest BCUT2D eigenvalue weighted by atomic mass is 16.4. The normalized spacial score (nSPS) is 14.5. The molecule has 0 radical (unpaired) electrons. The summed E-state index contributed by atoms with van der Waals surface area (Å²) in [6.07, 6.45) is 0.147. The highest BCUT2D eigenvalue weighted by Crippen LogP contribution is 2.30. The summed E-state index contributed by atoms with van der Waals surface area (Å²) in [5.74, 6) is 0.0943. The number of amides is 2. The van der Waals surface area contributed by atoms with Gasteiger partial charge in [-0.2, -0.15) is 0 Å². The van der Waals surface area contributed by atoms with E-state index >= 15 is 0 Å². The van der Waals surface area contributed by atoms with Gasteiger partial charge in [-0.25, -0.2) is 4.79 Å². The third-order valence-electron chi connectivity index (χ3n) is 3.08. The maximum atomic E-state index is 11.5. The summed E-state index contributed by atoms with van der Waals surface area (Å²) >= 11 is 0. The van der Waals surface area contributed by atoms with Crippen molar-refractivity contribution in [2.24, 2.45) is 0 Å². The Morgan fingerprint density at radius 2 is 2.12 bits per heavy atom. The molecule has 0 atom stereocenters. The predicted molar refractivity (Wildman–Crippen MR) is 64.6 cm³/mol. The predicted octanol–water partition coefficient (Wildman–Crippen LogP) is 1.71. The van der Waals surface area contributed by atoms with Crippen LogP contribution in [-0.4, -0.2) is 31.2 Å². The summed E-state index contributed by atoms with van der Waals surface area (Å²) in [6, 6.07) is 5.33. The van der Waals surface area contributed by atoms with Crippen LogP contribution in [0.3, 0.4) is 0 Å². The number of anilines is 2. The Hall–Kier alpha value is -2.04. The van der Waals surface area contributed by atoms with Crippen LogP contribution < -0.4 is 9.80 Å². The van der Waals surface area contributed by atoms with Crippen molar-refractivity contribution in [2.75, 3.05) is 23.9 Å². The fourth-order valence-corrected chi connectivity index (χ4v) is 1.96. The molecule has 0 bridgehead atoms. The second kappa shape index (κ2) is 4.08. The van der Waals surface area contributed by atoms with Crippen LogP contribution in [0.25, 0.3) is 0 Å². The standard InChI is InChI=1S/C12H14N2O3/c1-13(12(16)17)9-4-5-10-8(7-9)3-6-11(15)14(10)2/h4-5,7H,3,6H2,1-2H3,(H,16,17). The van der Waals surface area contributed by atoms with Crippen LogP contribution in [0.2, 0.25) is 0 Å². The third kappa shape index (κ3) is 1.95. The highest BCUT2D eigenvalue weighted by Gasteiger charge is 2.21. The zero-order valence-electron chi connectivity index (χ0n) is 9.80. The van der Waals surface area contributed by atoms with Crippen LogP contribution in [0.1, 0.15) is 12.0 Å². The third-order valence-corrected chi connectivity index (χ3v) is 3.08. The molecule has 2 rings (SSSR count). The number of rotatable bonds is 1. The minimum atomic E-state index is -0.995. The van der Waals surface area contributed by atoms with E-state index in [0.29, 0.717) is 18.5 Å². The molecule has 0 spiro atoms. The molecular weight excluding hydrogens is 220 g/mol.